The van der Waals surface area contributed by atoms with Crippen molar-refractivity contribution in [1.82, 2.24) is 9.71 Å². The first kappa shape index (κ1) is 14.8. The van der Waals surface area contributed by atoms with E-state index in [1.165, 1.54) is 0 Å². The van der Waals surface area contributed by atoms with Crippen LogP contribution in [0.25, 0.3) is 10.9 Å². The van der Waals surface area contributed by atoms with Gasteiger partial charge < -0.3 is 4.74 Å². The Hall–Kier alpha value is -2.10. The molecule has 0 unspecified atom stereocenters. The lowest BCUT2D eigenvalue weighted by molar-refractivity contribution is 0.374. The second-order valence-electron chi connectivity index (χ2n) is 5.04. The highest BCUT2D eigenvalue weighted by Crippen LogP contribution is 2.27. The molecular weight excluding hydrogens is 300 g/mol. The fraction of sp³-hybridized carbons (Fsp3) is 0.312. The summed E-state index contributed by atoms with van der Waals surface area (Å²) in [5, 5.41) is 0.789. The molecule has 3 rings (SSSR count). The maximum Gasteiger partial charge on any atom is 0.215 e. The quantitative estimate of drug-likeness (QED) is 0.853. The fourth-order valence-corrected chi connectivity index (χ4v) is 3.32. The monoisotopic (exact) mass is 316 g/mol. The van der Waals surface area contributed by atoms with E-state index in [-0.39, 0.29) is 18.4 Å². The summed E-state index contributed by atoms with van der Waals surface area (Å²) in [6, 6.07) is 9.54. The first-order chi connectivity index (χ1) is 10.7. The highest BCUT2D eigenvalue weighted by atomic mass is 32.2. The van der Waals surface area contributed by atoms with E-state index in [4.69, 9.17) is 4.74 Å². The Morgan fingerprint density at radius 2 is 2.05 bits per heavy atom. The van der Waals surface area contributed by atoms with Crippen molar-refractivity contribution in [1.29, 1.82) is 0 Å². The predicted molar refractivity (Wildman–Crippen MR) is 85.0 cm³/mol. The highest BCUT2D eigenvalue weighted by molar-refractivity contribution is 7.90. The van der Waals surface area contributed by atoms with Crippen molar-refractivity contribution in [2.75, 3.05) is 13.2 Å². The minimum absolute atomic E-state index is 0.121. The molecule has 1 N–H and O–H groups in total. The van der Waals surface area contributed by atoms with Gasteiger partial charge in [-0.05, 0) is 25.0 Å². The summed E-state index contributed by atoms with van der Waals surface area (Å²) in [6.07, 6.45) is 3.22. The van der Waals surface area contributed by atoms with Crippen LogP contribution in [0.4, 0.5) is 0 Å². The van der Waals surface area contributed by atoms with Crippen LogP contribution in [0.3, 0.4) is 0 Å². The van der Waals surface area contributed by atoms with Crippen molar-refractivity contribution < 1.29 is 13.2 Å². The number of benzene rings is 1. The van der Waals surface area contributed by atoms with Gasteiger partial charge in [0.25, 0.3) is 0 Å². The molecule has 1 aromatic heterocycles. The van der Waals surface area contributed by atoms with E-state index >= 15 is 0 Å². The smallest absolute Gasteiger partial charge is 0.215 e. The second-order valence-corrected chi connectivity index (χ2v) is 7.08. The largest absolute Gasteiger partial charge is 0.479 e. The molecule has 1 aliphatic rings. The Bertz CT molecular complexity index is 828. The first-order valence-electron chi connectivity index (χ1n) is 7.07. The number of nitrogens with zero attached hydrogens (tertiary/aromatic N) is 1. The molecule has 6 heteroatoms. The average Bonchev–Trinajstić information content (AvgIpc) is 3.36. The molecule has 1 aromatic carbocycles. The normalized spacial score (nSPS) is 14.4. The van der Waals surface area contributed by atoms with Crippen molar-refractivity contribution >= 4 is 20.9 Å². The molecule has 1 saturated carbocycles. The topological polar surface area (TPSA) is 68.3 Å². The van der Waals surface area contributed by atoms with Gasteiger partial charge in [0.15, 0.2) is 0 Å². The average molecular weight is 316 g/mol. The number of para-hydroxylation sites is 1. The van der Waals surface area contributed by atoms with E-state index in [1.54, 1.807) is 6.20 Å². The molecule has 0 saturated heterocycles. The SMILES string of the molecule is O=S(=O)(NCC#CCOc1cccc2cccnc12)C1CC1. The van der Waals surface area contributed by atoms with Gasteiger partial charge in [-0.2, -0.15) is 0 Å². The summed E-state index contributed by atoms with van der Waals surface area (Å²) in [4.78, 5) is 4.29. The van der Waals surface area contributed by atoms with Crippen molar-refractivity contribution in [3.8, 4) is 17.6 Å². The third-order valence-electron chi connectivity index (χ3n) is 3.35. The summed E-state index contributed by atoms with van der Waals surface area (Å²) < 4.78 is 31.2. The van der Waals surface area contributed by atoms with E-state index in [1.807, 2.05) is 30.3 Å². The van der Waals surface area contributed by atoms with Gasteiger partial charge in [-0.3, -0.25) is 4.98 Å². The molecule has 5 nitrogen and oxygen atoms in total. The third kappa shape index (κ3) is 3.56. The Kier molecular flexibility index (Phi) is 4.27. The number of fused-ring (bicyclic) bond motifs is 1. The van der Waals surface area contributed by atoms with Crippen LogP contribution < -0.4 is 9.46 Å². The fourth-order valence-electron chi connectivity index (χ4n) is 2.05. The zero-order valence-corrected chi connectivity index (χ0v) is 12.8. The molecular formula is C16H16N2O3S. The molecule has 0 spiro atoms. The first-order valence-corrected chi connectivity index (χ1v) is 8.62. The van der Waals surface area contributed by atoms with Crippen LogP contribution in [0.15, 0.2) is 36.5 Å². The van der Waals surface area contributed by atoms with Crippen LogP contribution >= 0.6 is 0 Å². The lowest BCUT2D eigenvalue weighted by atomic mass is 10.2. The number of ether oxygens (including phenoxy) is 1. The van der Waals surface area contributed by atoms with Crippen LogP contribution in [0.5, 0.6) is 5.75 Å². The lowest BCUT2D eigenvalue weighted by Crippen LogP contribution is -2.27. The number of hydrogen-bond acceptors (Lipinski definition) is 4. The number of pyridine rings is 1. The number of aromatic nitrogens is 1. The highest BCUT2D eigenvalue weighted by Gasteiger charge is 2.34. The Balaban J connectivity index is 1.54. The van der Waals surface area contributed by atoms with E-state index in [0.717, 1.165) is 23.7 Å². The number of nitrogens with one attached hydrogen (secondary N) is 1. The van der Waals surface area contributed by atoms with E-state index < -0.39 is 10.0 Å². The molecule has 1 aliphatic carbocycles. The number of sulfonamides is 1. The standard InChI is InChI=1S/C16H16N2O3S/c19-22(20,14-8-9-14)18-11-1-2-12-21-15-7-3-5-13-6-4-10-17-16(13)15/h3-7,10,14,18H,8-9,11-12H2. The minimum atomic E-state index is -3.16. The van der Waals surface area contributed by atoms with Gasteiger partial charge >= 0.3 is 0 Å². The molecule has 0 aliphatic heterocycles. The van der Waals surface area contributed by atoms with Crippen molar-refractivity contribution in [2.24, 2.45) is 0 Å². The van der Waals surface area contributed by atoms with Crippen LogP contribution in [-0.2, 0) is 10.0 Å². The van der Waals surface area contributed by atoms with Crippen molar-refractivity contribution in [3.63, 3.8) is 0 Å². The van der Waals surface area contributed by atoms with Gasteiger partial charge in [-0.1, -0.05) is 30.0 Å². The van der Waals surface area contributed by atoms with Crippen molar-refractivity contribution in [3.05, 3.63) is 36.5 Å². The summed E-state index contributed by atoms with van der Waals surface area (Å²) in [5.74, 6) is 6.23. The summed E-state index contributed by atoms with van der Waals surface area (Å²) in [5.41, 5.74) is 0.793. The van der Waals surface area contributed by atoms with Gasteiger partial charge in [0.2, 0.25) is 10.0 Å². The minimum Gasteiger partial charge on any atom is -0.479 e. The maximum absolute atomic E-state index is 11.6. The van der Waals surface area contributed by atoms with Crippen LogP contribution in [0.2, 0.25) is 0 Å². The molecule has 22 heavy (non-hydrogen) atoms. The summed E-state index contributed by atoms with van der Waals surface area (Å²) in [6.45, 7) is 0.316. The van der Waals surface area contributed by atoms with Gasteiger partial charge in [0.1, 0.15) is 17.9 Å². The van der Waals surface area contributed by atoms with Gasteiger partial charge in [-0.15, -0.1) is 0 Å². The predicted octanol–water partition coefficient (Wildman–Crippen LogP) is 1.70. The zero-order chi connectivity index (χ0) is 15.4. The Morgan fingerprint density at radius 3 is 2.86 bits per heavy atom. The van der Waals surface area contributed by atoms with Gasteiger partial charge in [-0.25, -0.2) is 13.1 Å². The molecule has 2 aromatic rings. The Morgan fingerprint density at radius 1 is 1.23 bits per heavy atom. The number of rotatable bonds is 5. The Labute approximate surface area is 129 Å². The second kappa shape index (κ2) is 6.34. The van der Waals surface area contributed by atoms with Gasteiger partial charge in [0, 0.05) is 11.6 Å². The maximum atomic E-state index is 11.6. The van der Waals surface area contributed by atoms with Crippen molar-refractivity contribution in [2.45, 2.75) is 18.1 Å². The van der Waals surface area contributed by atoms with E-state index in [9.17, 15) is 8.42 Å². The summed E-state index contributed by atoms with van der Waals surface area (Å²) in [7, 11) is -3.16. The summed E-state index contributed by atoms with van der Waals surface area (Å²) >= 11 is 0. The van der Waals surface area contributed by atoms with Crippen LogP contribution in [-0.4, -0.2) is 31.8 Å². The van der Waals surface area contributed by atoms with Crippen LogP contribution in [0, 0.1) is 11.8 Å². The molecule has 1 heterocycles. The molecule has 1 fully saturated rings. The molecule has 0 bridgehead atoms. The van der Waals surface area contributed by atoms with Crippen LogP contribution in [0.1, 0.15) is 12.8 Å². The molecule has 0 amide bonds. The van der Waals surface area contributed by atoms with Gasteiger partial charge in [0.05, 0.1) is 11.8 Å². The third-order valence-corrected chi connectivity index (χ3v) is 5.24. The van der Waals surface area contributed by atoms with E-state index in [0.29, 0.717) is 5.75 Å². The lowest BCUT2D eigenvalue weighted by Gasteiger charge is -2.05. The number of hydrogen-bond donors (Lipinski definition) is 1. The zero-order valence-electron chi connectivity index (χ0n) is 12.0. The molecule has 0 radical (unpaired) electrons. The molecule has 0 atom stereocenters. The van der Waals surface area contributed by atoms with E-state index in [2.05, 4.69) is 21.5 Å². The molecule has 114 valence electrons.